The molecule has 0 saturated heterocycles. The third-order valence-corrected chi connectivity index (χ3v) is 4.76. The second kappa shape index (κ2) is 8.35. The maximum absolute atomic E-state index is 12.2. The molecule has 128 valence electrons. The van der Waals surface area contributed by atoms with Crippen molar-refractivity contribution in [2.75, 3.05) is 17.1 Å². The Bertz CT molecular complexity index is 836. The summed E-state index contributed by atoms with van der Waals surface area (Å²) in [5.74, 6) is 0.769. The average molecular weight is 352 g/mol. The molecule has 5 heteroatoms. The van der Waals surface area contributed by atoms with Crippen molar-refractivity contribution >= 4 is 22.4 Å². The van der Waals surface area contributed by atoms with E-state index >= 15 is 0 Å². The van der Waals surface area contributed by atoms with Gasteiger partial charge in [0.1, 0.15) is 23.3 Å². The quantitative estimate of drug-likeness (QED) is 0.661. The Morgan fingerprint density at radius 3 is 2.36 bits per heavy atom. The molecule has 3 aromatic carbocycles. The van der Waals surface area contributed by atoms with Gasteiger partial charge in [0.25, 0.3) is 0 Å². The molecule has 0 aliphatic carbocycles. The van der Waals surface area contributed by atoms with E-state index in [0.717, 1.165) is 27.6 Å². The highest BCUT2D eigenvalue weighted by Crippen LogP contribution is 2.19. The zero-order valence-corrected chi connectivity index (χ0v) is 14.8. The van der Waals surface area contributed by atoms with Crippen molar-refractivity contribution < 1.29 is 8.95 Å². The molecule has 0 aliphatic heterocycles. The highest BCUT2D eigenvalue weighted by atomic mass is 32.2. The van der Waals surface area contributed by atoms with Crippen LogP contribution < -0.4 is 14.8 Å². The zero-order chi connectivity index (χ0) is 17.5. The minimum absolute atomic E-state index is 0.498. The van der Waals surface area contributed by atoms with Gasteiger partial charge in [-0.25, -0.2) is 4.21 Å². The van der Waals surface area contributed by atoms with E-state index in [-0.39, 0.29) is 0 Å². The third kappa shape index (κ3) is 4.84. The largest absolute Gasteiger partial charge is 0.489 e. The molecule has 0 aromatic heterocycles. The highest BCUT2D eigenvalue weighted by Gasteiger charge is 2.03. The van der Waals surface area contributed by atoms with Crippen molar-refractivity contribution in [3.8, 4) is 5.75 Å². The topological polar surface area (TPSA) is 50.4 Å². The van der Waals surface area contributed by atoms with Crippen LogP contribution in [0.3, 0.4) is 0 Å². The molecule has 2 N–H and O–H groups in total. The molecule has 0 saturated carbocycles. The van der Waals surface area contributed by atoms with Gasteiger partial charge in [-0.15, -0.1) is 0 Å². The molecule has 4 nitrogen and oxygen atoms in total. The molecular weight excluding hydrogens is 332 g/mol. The van der Waals surface area contributed by atoms with Crippen LogP contribution in [-0.4, -0.2) is 11.3 Å². The van der Waals surface area contributed by atoms with Gasteiger partial charge in [-0.05, 0) is 54.1 Å². The van der Waals surface area contributed by atoms with Gasteiger partial charge >= 0.3 is 0 Å². The van der Waals surface area contributed by atoms with Crippen molar-refractivity contribution in [1.29, 1.82) is 0 Å². The molecule has 0 amide bonds. The first-order valence-corrected chi connectivity index (χ1v) is 9.12. The number of rotatable bonds is 7. The zero-order valence-electron chi connectivity index (χ0n) is 13.9. The molecule has 0 spiro atoms. The van der Waals surface area contributed by atoms with Crippen molar-refractivity contribution in [1.82, 2.24) is 0 Å². The lowest BCUT2D eigenvalue weighted by Crippen LogP contribution is -2.04. The highest BCUT2D eigenvalue weighted by molar-refractivity contribution is 7.86. The van der Waals surface area contributed by atoms with Crippen LogP contribution in [0.1, 0.15) is 5.56 Å². The van der Waals surface area contributed by atoms with E-state index in [9.17, 15) is 4.21 Å². The third-order valence-electron chi connectivity index (χ3n) is 3.64. The summed E-state index contributed by atoms with van der Waals surface area (Å²) in [6.45, 7) is 0.498. The summed E-state index contributed by atoms with van der Waals surface area (Å²) in [6, 6.07) is 24.9. The van der Waals surface area contributed by atoms with Crippen molar-refractivity contribution in [3.63, 3.8) is 0 Å². The minimum Gasteiger partial charge on any atom is -0.489 e. The minimum atomic E-state index is -1.28. The first-order chi connectivity index (χ1) is 12.2. The van der Waals surface area contributed by atoms with Gasteiger partial charge in [-0.1, -0.05) is 30.3 Å². The van der Waals surface area contributed by atoms with Crippen LogP contribution >= 0.6 is 0 Å². The standard InChI is InChI=1S/C20H20N2O2S/c1-21-18-7-5-6-16(14-18)15-24-19-12-10-17(11-13-19)22-25(23)20-8-3-2-4-9-20/h2-14,21-22H,15H2,1H3. The van der Waals surface area contributed by atoms with Crippen LogP contribution in [0, 0.1) is 0 Å². The summed E-state index contributed by atoms with van der Waals surface area (Å²) in [4.78, 5) is 0.743. The van der Waals surface area contributed by atoms with E-state index in [0.29, 0.717) is 6.61 Å². The summed E-state index contributed by atoms with van der Waals surface area (Å²) in [7, 11) is 0.618. The molecular formula is C20H20N2O2S. The monoisotopic (exact) mass is 352 g/mol. The lowest BCUT2D eigenvalue weighted by Gasteiger charge is -2.10. The lowest BCUT2D eigenvalue weighted by molar-refractivity contribution is 0.306. The Morgan fingerprint density at radius 1 is 0.880 bits per heavy atom. The summed E-state index contributed by atoms with van der Waals surface area (Å²) in [5, 5.41) is 3.11. The Morgan fingerprint density at radius 2 is 1.64 bits per heavy atom. The molecule has 25 heavy (non-hydrogen) atoms. The first kappa shape index (κ1) is 17.0. The Kier molecular flexibility index (Phi) is 5.69. The fourth-order valence-electron chi connectivity index (χ4n) is 2.31. The normalized spacial score (nSPS) is 11.6. The van der Waals surface area contributed by atoms with Crippen LogP contribution in [0.5, 0.6) is 5.75 Å². The second-order valence-corrected chi connectivity index (χ2v) is 6.66. The maximum atomic E-state index is 12.2. The number of ether oxygens (including phenoxy) is 1. The van der Waals surface area contributed by atoms with Crippen LogP contribution in [0.25, 0.3) is 0 Å². The molecule has 3 aromatic rings. The maximum Gasteiger partial charge on any atom is 0.150 e. The van der Waals surface area contributed by atoms with Crippen molar-refractivity contribution in [2.45, 2.75) is 11.5 Å². The van der Waals surface area contributed by atoms with E-state index in [2.05, 4.69) is 16.1 Å². The molecule has 1 atom stereocenters. The summed E-state index contributed by atoms with van der Waals surface area (Å²) in [6.07, 6.45) is 0. The lowest BCUT2D eigenvalue weighted by atomic mass is 10.2. The predicted octanol–water partition coefficient (Wildman–Crippen LogP) is 4.44. The summed E-state index contributed by atoms with van der Waals surface area (Å²) < 4.78 is 21.0. The van der Waals surface area contributed by atoms with Gasteiger partial charge in [0, 0.05) is 18.4 Å². The molecule has 0 heterocycles. The number of benzene rings is 3. The average Bonchev–Trinajstić information content (AvgIpc) is 2.68. The van der Waals surface area contributed by atoms with Gasteiger partial charge in [0.2, 0.25) is 0 Å². The fraction of sp³-hybridized carbons (Fsp3) is 0.100. The molecule has 0 radical (unpaired) electrons. The van der Waals surface area contributed by atoms with E-state index in [1.54, 1.807) is 0 Å². The van der Waals surface area contributed by atoms with E-state index in [1.165, 1.54) is 0 Å². The summed E-state index contributed by atoms with van der Waals surface area (Å²) >= 11 is 0. The fourth-order valence-corrected chi connectivity index (χ4v) is 3.18. The van der Waals surface area contributed by atoms with Crippen LogP contribution in [0.4, 0.5) is 11.4 Å². The first-order valence-electron chi connectivity index (χ1n) is 7.97. The van der Waals surface area contributed by atoms with Gasteiger partial charge in [-0.2, -0.15) is 0 Å². The second-order valence-electron chi connectivity index (χ2n) is 5.45. The smallest absolute Gasteiger partial charge is 0.150 e. The molecule has 1 unspecified atom stereocenters. The Balaban J connectivity index is 1.57. The molecule has 0 aliphatic rings. The SMILES string of the molecule is CNc1cccc(COc2ccc(NS(=O)c3ccccc3)cc2)c1. The summed E-state index contributed by atoms with van der Waals surface area (Å²) in [5.41, 5.74) is 2.94. The van der Waals surface area contributed by atoms with E-state index in [4.69, 9.17) is 4.74 Å². The molecule has 0 fully saturated rings. The van der Waals surface area contributed by atoms with Crippen LogP contribution in [0.2, 0.25) is 0 Å². The number of hydrogen-bond acceptors (Lipinski definition) is 3. The molecule has 0 bridgehead atoms. The number of hydrogen-bond donors (Lipinski definition) is 2. The Hall–Kier alpha value is -2.79. The van der Waals surface area contributed by atoms with E-state index in [1.807, 2.05) is 79.8 Å². The Labute approximate surface area is 150 Å². The van der Waals surface area contributed by atoms with Gasteiger partial charge in [0.05, 0.1) is 4.90 Å². The predicted molar refractivity (Wildman–Crippen MR) is 103 cm³/mol. The van der Waals surface area contributed by atoms with Crippen LogP contribution in [-0.2, 0) is 17.6 Å². The van der Waals surface area contributed by atoms with Gasteiger partial charge < -0.3 is 14.8 Å². The van der Waals surface area contributed by atoms with E-state index < -0.39 is 11.0 Å². The number of nitrogens with one attached hydrogen (secondary N) is 2. The van der Waals surface area contributed by atoms with Crippen molar-refractivity contribution in [2.24, 2.45) is 0 Å². The number of anilines is 2. The molecule has 3 rings (SSSR count). The van der Waals surface area contributed by atoms with Gasteiger partial charge in [0.15, 0.2) is 0 Å². The van der Waals surface area contributed by atoms with Gasteiger partial charge in [-0.3, -0.25) is 0 Å². The van der Waals surface area contributed by atoms with Crippen LogP contribution in [0.15, 0.2) is 83.8 Å². The van der Waals surface area contributed by atoms with Crippen molar-refractivity contribution in [3.05, 3.63) is 84.4 Å².